The van der Waals surface area contributed by atoms with E-state index in [1.165, 1.54) is 0 Å². The maximum atomic E-state index is 12.3. The molecule has 2 saturated heterocycles. The largest absolute Gasteiger partial charge is 0.379 e. The molecule has 2 aliphatic rings. The molecule has 2 fully saturated rings. The molecule has 0 radical (unpaired) electrons. The molecular weight excluding hydrogens is 310 g/mol. The molecule has 0 bridgehead atoms. The van der Waals surface area contributed by atoms with Crippen molar-refractivity contribution in [3.05, 3.63) is 22.4 Å². The monoisotopic (exact) mass is 337 g/mol. The second-order valence-corrected chi connectivity index (χ2v) is 7.69. The van der Waals surface area contributed by atoms with Gasteiger partial charge in [-0.3, -0.25) is 9.69 Å². The number of piperidine rings is 1. The summed E-state index contributed by atoms with van der Waals surface area (Å²) < 4.78 is 5.51. The van der Waals surface area contributed by atoms with Crippen LogP contribution in [0.5, 0.6) is 0 Å². The van der Waals surface area contributed by atoms with Crippen molar-refractivity contribution in [2.24, 2.45) is 0 Å². The van der Waals surface area contributed by atoms with E-state index in [2.05, 4.69) is 22.2 Å². The molecule has 0 spiro atoms. The van der Waals surface area contributed by atoms with Gasteiger partial charge in [0, 0.05) is 30.1 Å². The molecule has 1 aromatic rings. The van der Waals surface area contributed by atoms with Gasteiger partial charge in [0.2, 0.25) is 5.91 Å². The van der Waals surface area contributed by atoms with Crippen molar-refractivity contribution in [1.29, 1.82) is 0 Å². The van der Waals surface area contributed by atoms with E-state index < -0.39 is 0 Å². The molecule has 0 aromatic carbocycles. The van der Waals surface area contributed by atoms with Crippen LogP contribution in [-0.4, -0.2) is 74.2 Å². The van der Waals surface area contributed by atoms with E-state index in [9.17, 15) is 4.79 Å². The summed E-state index contributed by atoms with van der Waals surface area (Å²) >= 11 is 1.65. The molecule has 5 nitrogen and oxygen atoms in total. The van der Waals surface area contributed by atoms with Crippen molar-refractivity contribution in [2.45, 2.75) is 24.8 Å². The van der Waals surface area contributed by atoms with E-state index in [1.54, 1.807) is 11.3 Å². The summed E-state index contributed by atoms with van der Waals surface area (Å²) in [7, 11) is 2.18. The van der Waals surface area contributed by atoms with E-state index >= 15 is 0 Å². The lowest BCUT2D eigenvalue weighted by molar-refractivity contribution is -0.121. The van der Waals surface area contributed by atoms with Crippen molar-refractivity contribution in [1.82, 2.24) is 15.1 Å². The number of thiophene rings is 1. The third-order valence-electron chi connectivity index (χ3n) is 5.13. The Bertz CT molecular complexity index is 492. The fourth-order valence-electron chi connectivity index (χ4n) is 3.57. The average Bonchev–Trinajstić information content (AvgIpc) is 3.08. The van der Waals surface area contributed by atoms with Crippen LogP contribution in [0.2, 0.25) is 0 Å². The summed E-state index contributed by atoms with van der Waals surface area (Å²) in [5.41, 5.74) is 0.0986. The first-order valence-electron chi connectivity index (χ1n) is 8.48. The number of amides is 1. The van der Waals surface area contributed by atoms with Gasteiger partial charge in [0.15, 0.2) is 0 Å². The first-order chi connectivity index (χ1) is 11.2. The predicted molar refractivity (Wildman–Crippen MR) is 92.9 cm³/mol. The number of carbonyl (C=O) groups excluding carboxylic acids is 1. The quantitative estimate of drug-likeness (QED) is 0.877. The fraction of sp³-hybridized carbons (Fsp3) is 0.706. The SMILES string of the molecule is CN1CCC(CNC(=O)Cc2cccs2)(N2CCOCC2)CC1. The highest BCUT2D eigenvalue weighted by atomic mass is 32.1. The van der Waals surface area contributed by atoms with Crippen LogP contribution in [0.15, 0.2) is 17.5 Å². The standard InChI is InChI=1S/C17H27N3O2S/c1-19-6-4-17(5-7-19,20-8-10-22-11-9-20)14-18-16(21)13-15-3-2-12-23-15/h2-3,12H,4-11,13-14H2,1H3,(H,18,21). The number of hydrogen-bond acceptors (Lipinski definition) is 5. The van der Waals surface area contributed by atoms with Gasteiger partial charge in [0.25, 0.3) is 0 Å². The number of nitrogens with one attached hydrogen (secondary N) is 1. The molecule has 23 heavy (non-hydrogen) atoms. The molecule has 1 N–H and O–H groups in total. The minimum absolute atomic E-state index is 0.0986. The summed E-state index contributed by atoms with van der Waals surface area (Å²) in [6.07, 6.45) is 2.72. The van der Waals surface area contributed by atoms with Crippen LogP contribution in [0, 0.1) is 0 Å². The highest BCUT2D eigenvalue weighted by Crippen LogP contribution is 2.29. The smallest absolute Gasteiger partial charge is 0.225 e. The Labute approximate surface area is 142 Å². The molecule has 1 amide bonds. The number of carbonyl (C=O) groups is 1. The Hall–Kier alpha value is -0.950. The molecule has 1 aromatic heterocycles. The summed E-state index contributed by atoms with van der Waals surface area (Å²) in [6, 6.07) is 4.02. The predicted octanol–water partition coefficient (Wildman–Crippen LogP) is 1.20. The lowest BCUT2D eigenvalue weighted by atomic mass is 9.85. The zero-order chi connectivity index (χ0) is 16.1. The second kappa shape index (κ2) is 7.75. The van der Waals surface area contributed by atoms with Crippen molar-refractivity contribution < 1.29 is 9.53 Å². The Balaban J connectivity index is 1.60. The van der Waals surface area contributed by atoms with Gasteiger partial charge in [-0.05, 0) is 44.4 Å². The highest BCUT2D eigenvalue weighted by Gasteiger charge is 2.40. The van der Waals surface area contributed by atoms with E-state index in [4.69, 9.17) is 4.74 Å². The number of hydrogen-bond donors (Lipinski definition) is 1. The van der Waals surface area contributed by atoms with Crippen LogP contribution in [-0.2, 0) is 16.0 Å². The summed E-state index contributed by atoms with van der Waals surface area (Å²) in [6.45, 7) is 6.51. The van der Waals surface area contributed by atoms with Crippen LogP contribution in [0.1, 0.15) is 17.7 Å². The molecule has 2 aliphatic heterocycles. The van der Waals surface area contributed by atoms with Crippen LogP contribution < -0.4 is 5.32 Å². The summed E-state index contributed by atoms with van der Waals surface area (Å²) in [4.78, 5) is 18.3. The summed E-state index contributed by atoms with van der Waals surface area (Å²) in [5, 5.41) is 5.23. The molecule has 0 atom stereocenters. The van der Waals surface area contributed by atoms with Crippen LogP contribution in [0.25, 0.3) is 0 Å². The number of rotatable bonds is 5. The van der Waals surface area contributed by atoms with Gasteiger partial charge in [-0.15, -0.1) is 11.3 Å². The number of morpholine rings is 1. The highest BCUT2D eigenvalue weighted by molar-refractivity contribution is 7.10. The fourth-order valence-corrected chi connectivity index (χ4v) is 4.28. The molecule has 0 saturated carbocycles. The van der Waals surface area contributed by atoms with Gasteiger partial charge in [-0.25, -0.2) is 0 Å². The van der Waals surface area contributed by atoms with E-state index in [1.807, 2.05) is 17.5 Å². The number of ether oxygens (including phenoxy) is 1. The second-order valence-electron chi connectivity index (χ2n) is 6.66. The first-order valence-corrected chi connectivity index (χ1v) is 9.36. The lowest BCUT2D eigenvalue weighted by Crippen LogP contribution is -2.62. The van der Waals surface area contributed by atoms with Gasteiger partial charge in [-0.1, -0.05) is 6.07 Å². The van der Waals surface area contributed by atoms with Gasteiger partial charge >= 0.3 is 0 Å². The third kappa shape index (κ3) is 4.32. The summed E-state index contributed by atoms with van der Waals surface area (Å²) in [5.74, 6) is 0.138. The molecule has 0 unspecified atom stereocenters. The lowest BCUT2D eigenvalue weighted by Gasteiger charge is -2.49. The Kier molecular flexibility index (Phi) is 5.69. The zero-order valence-electron chi connectivity index (χ0n) is 13.9. The Morgan fingerprint density at radius 1 is 1.30 bits per heavy atom. The van der Waals surface area contributed by atoms with Gasteiger partial charge < -0.3 is 15.0 Å². The molecule has 3 heterocycles. The minimum atomic E-state index is 0.0986. The van der Waals surface area contributed by atoms with Crippen LogP contribution >= 0.6 is 11.3 Å². The van der Waals surface area contributed by atoms with Gasteiger partial charge in [0.1, 0.15) is 0 Å². The normalized spacial score (nSPS) is 22.8. The molecule has 3 rings (SSSR count). The topological polar surface area (TPSA) is 44.8 Å². The van der Waals surface area contributed by atoms with E-state index in [-0.39, 0.29) is 11.4 Å². The minimum Gasteiger partial charge on any atom is -0.379 e. The Morgan fingerprint density at radius 3 is 2.70 bits per heavy atom. The number of nitrogens with zero attached hydrogens (tertiary/aromatic N) is 2. The first kappa shape index (κ1) is 16.9. The Morgan fingerprint density at radius 2 is 2.04 bits per heavy atom. The van der Waals surface area contributed by atoms with Gasteiger partial charge in [-0.2, -0.15) is 0 Å². The van der Waals surface area contributed by atoms with Crippen LogP contribution in [0.3, 0.4) is 0 Å². The van der Waals surface area contributed by atoms with Crippen molar-refractivity contribution in [3.8, 4) is 0 Å². The average molecular weight is 337 g/mol. The maximum Gasteiger partial charge on any atom is 0.225 e. The molecule has 0 aliphatic carbocycles. The molecular formula is C17H27N3O2S. The molecule has 128 valence electrons. The maximum absolute atomic E-state index is 12.3. The van der Waals surface area contributed by atoms with Crippen molar-refractivity contribution in [2.75, 3.05) is 53.0 Å². The van der Waals surface area contributed by atoms with Crippen LogP contribution in [0.4, 0.5) is 0 Å². The number of likely N-dealkylation sites (tertiary alicyclic amines) is 1. The third-order valence-corrected chi connectivity index (χ3v) is 6.01. The van der Waals surface area contributed by atoms with E-state index in [0.29, 0.717) is 6.42 Å². The zero-order valence-corrected chi connectivity index (χ0v) is 14.7. The van der Waals surface area contributed by atoms with Gasteiger partial charge in [0.05, 0.1) is 19.6 Å². The van der Waals surface area contributed by atoms with E-state index in [0.717, 1.165) is 63.7 Å². The molecule has 6 heteroatoms. The van der Waals surface area contributed by atoms with Crippen molar-refractivity contribution in [3.63, 3.8) is 0 Å². The van der Waals surface area contributed by atoms with Crippen molar-refractivity contribution >= 4 is 17.2 Å².